The Morgan fingerprint density at radius 2 is 1.70 bits per heavy atom. The third-order valence-corrected chi connectivity index (χ3v) is 5.11. The average molecular weight is 401 g/mol. The summed E-state index contributed by atoms with van der Waals surface area (Å²) < 4.78 is 5.53. The molecule has 3 aromatic carbocycles. The summed E-state index contributed by atoms with van der Waals surface area (Å²) in [6.45, 7) is 0.530. The van der Waals surface area contributed by atoms with Gasteiger partial charge < -0.3 is 15.8 Å². The molecule has 1 aliphatic heterocycles. The maximum atomic E-state index is 13.1. The third-order valence-electron chi connectivity index (χ3n) is 5.11. The van der Waals surface area contributed by atoms with E-state index in [1.165, 1.54) is 4.90 Å². The fourth-order valence-corrected chi connectivity index (χ4v) is 3.61. The Hall–Kier alpha value is -3.64. The van der Waals surface area contributed by atoms with E-state index >= 15 is 0 Å². The van der Waals surface area contributed by atoms with E-state index in [2.05, 4.69) is 5.32 Å². The Labute approximate surface area is 175 Å². The molecule has 0 spiro atoms. The lowest BCUT2D eigenvalue weighted by Crippen LogP contribution is -2.45. The summed E-state index contributed by atoms with van der Waals surface area (Å²) in [5, 5.41) is 2.91. The number of anilines is 2. The first-order valence-electron chi connectivity index (χ1n) is 9.83. The smallest absolute Gasteiger partial charge is 0.415 e. The van der Waals surface area contributed by atoms with Gasteiger partial charge in [0.15, 0.2) is 0 Å². The number of hydrogen-bond donors (Lipinski definition) is 2. The van der Waals surface area contributed by atoms with E-state index < -0.39 is 12.1 Å². The molecule has 152 valence electrons. The fraction of sp³-hybridized carbons (Fsp3) is 0.167. The van der Waals surface area contributed by atoms with Gasteiger partial charge in [-0.15, -0.1) is 0 Å². The molecule has 3 aromatic rings. The Morgan fingerprint density at radius 3 is 2.50 bits per heavy atom. The van der Waals surface area contributed by atoms with Gasteiger partial charge in [0.05, 0.1) is 5.69 Å². The van der Waals surface area contributed by atoms with Gasteiger partial charge in [0.1, 0.15) is 12.6 Å². The molecule has 0 aliphatic carbocycles. The van der Waals surface area contributed by atoms with Crippen molar-refractivity contribution in [3.63, 3.8) is 0 Å². The van der Waals surface area contributed by atoms with Crippen molar-refractivity contribution in [3.8, 4) is 0 Å². The SMILES string of the molecule is NCc1cccc(NC(=O)[C@H]2Cc3ccccc3N2C(=O)OCc2ccccc2)c1. The van der Waals surface area contributed by atoms with Crippen molar-refractivity contribution < 1.29 is 14.3 Å². The number of carbonyl (C=O) groups is 2. The fourth-order valence-electron chi connectivity index (χ4n) is 3.61. The molecule has 0 radical (unpaired) electrons. The van der Waals surface area contributed by atoms with Gasteiger partial charge in [-0.25, -0.2) is 4.79 Å². The predicted octanol–water partition coefficient (Wildman–Crippen LogP) is 3.85. The van der Waals surface area contributed by atoms with E-state index in [1.807, 2.05) is 72.8 Å². The lowest BCUT2D eigenvalue weighted by molar-refractivity contribution is -0.117. The number of amides is 2. The van der Waals surface area contributed by atoms with Crippen LogP contribution in [0.5, 0.6) is 0 Å². The Bertz CT molecular complexity index is 1050. The van der Waals surface area contributed by atoms with Crippen molar-refractivity contribution in [1.29, 1.82) is 0 Å². The summed E-state index contributed by atoms with van der Waals surface area (Å²) in [5.41, 5.74) is 9.78. The summed E-state index contributed by atoms with van der Waals surface area (Å²) in [4.78, 5) is 27.5. The van der Waals surface area contributed by atoms with Gasteiger partial charge in [-0.3, -0.25) is 9.69 Å². The van der Waals surface area contributed by atoms with E-state index in [9.17, 15) is 9.59 Å². The van der Waals surface area contributed by atoms with Crippen LogP contribution in [0.2, 0.25) is 0 Å². The molecule has 1 atom stereocenters. The Balaban J connectivity index is 1.53. The van der Waals surface area contributed by atoms with Crippen LogP contribution in [0.25, 0.3) is 0 Å². The number of fused-ring (bicyclic) bond motifs is 1. The molecule has 0 unspecified atom stereocenters. The highest BCUT2D eigenvalue weighted by Gasteiger charge is 2.39. The normalized spacial score (nSPS) is 14.8. The average Bonchev–Trinajstić information content (AvgIpc) is 3.18. The van der Waals surface area contributed by atoms with Gasteiger partial charge in [0.25, 0.3) is 0 Å². The first-order valence-corrected chi connectivity index (χ1v) is 9.83. The van der Waals surface area contributed by atoms with Crippen molar-refractivity contribution in [2.75, 3.05) is 10.2 Å². The molecule has 0 saturated heterocycles. The third kappa shape index (κ3) is 4.18. The van der Waals surface area contributed by atoms with Crippen LogP contribution in [0.4, 0.5) is 16.2 Å². The number of benzene rings is 3. The second-order valence-corrected chi connectivity index (χ2v) is 7.15. The summed E-state index contributed by atoms with van der Waals surface area (Å²) in [6, 6.07) is 23.7. The van der Waals surface area contributed by atoms with Crippen molar-refractivity contribution in [1.82, 2.24) is 0 Å². The van der Waals surface area contributed by atoms with Gasteiger partial charge in [0.2, 0.25) is 5.91 Å². The van der Waals surface area contributed by atoms with Gasteiger partial charge in [-0.2, -0.15) is 0 Å². The number of hydrogen-bond acceptors (Lipinski definition) is 4. The number of carbonyl (C=O) groups excluding carboxylic acids is 2. The summed E-state index contributed by atoms with van der Waals surface area (Å²) >= 11 is 0. The van der Waals surface area contributed by atoms with Gasteiger partial charge in [0, 0.05) is 18.7 Å². The van der Waals surface area contributed by atoms with E-state index in [-0.39, 0.29) is 12.5 Å². The highest BCUT2D eigenvalue weighted by atomic mass is 16.6. The maximum absolute atomic E-state index is 13.1. The lowest BCUT2D eigenvalue weighted by atomic mass is 10.1. The molecular formula is C24H23N3O3. The van der Waals surface area contributed by atoms with Crippen molar-refractivity contribution in [2.24, 2.45) is 5.73 Å². The molecule has 6 nitrogen and oxygen atoms in total. The van der Waals surface area contributed by atoms with Crippen LogP contribution in [0.3, 0.4) is 0 Å². The topological polar surface area (TPSA) is 84.7 Å². The predicted molar refractivity (Wildman–Crippen MR) is 116 cm³/mol. The van der Waals surface area contributed by atoms with Gasteiger partial charge in [-0.05, 0) is 34.9 Å². The molecule has 0 aromatic heterocycles. The minimum Gasteiger partial charge on any atom is -0.444 e. The first kappa shape index (κ1) is 19.7. The standard InChI is InChI=1S/C24H23N3O3/c25-15-18-9-6-11-20(13-18)26-23(28)22-14-19-10-4-5-12-21(19)27(22)24(29)30-16-17-7-2-1-3-8-17/h1-13,22H,14-16,25H2,(H,26,28)/t22-/m1/s1. The molecule has 0 bridgehead atoms. The van der Waals surface area contributed by atoms with E-state index in [0.29, 0.717) is 24.3 Å². The highest BCUT2D eigenvalue weighted by Crippen LogP contribution is 2.33. The molecule has 0 fully saturated rings. The molecule has 2 amide bonds. The lowest BCUT2D eigenvalue weighted by Gasteiger charge is -2.24. The number of nitrogens with two attached hydrogens (primary N) is 1. The number of ether oxygens (including phenoxy) is 1. The number of nitrogens with zero attached hydrogens (tertiary/aromatic N) is 1. The Kier molecular flexibility index (Phi) is 5.77. The molecule has 1 heterocycles. The zero-order valence-electron chi connectivity index (χ0n) is 16.5. The van der Waals surface area contributed by atoms with Crippen molar-refractivity contribution in [3.05, 3.63) is 95.6 Å². The van der Waals surface area contributed by atoms with Crippen molar-refractivity contribution in [2.45, 2.75) is 25.6 Å². The second-order valence-electron chi connectivity index (χ2n) is 7.15. The van der Waals surface area contributed by atoms with Crippen LogP contribution in [-0.2, 0) is 29.1 Å². The van der Waals surface area contributed by atoms with Gasteiger partial charge >= 0.3 is 6.09 Å². The van der Waals surface area contributed by atoms with Crippen LogP contribution in [-0.4, -0.2) is 18.0 Å². The molecular weight excluding hydrogens is 378 g/mol. The second kappa shape index (κ2) is 8.80. The number of rotatable bonds is 5. The quantitative estimate of drug-likeness (QED) is 0.680. The summed E-state index contributed by atoms with van der Waals surface area (Å²) in [6.07, 6.45) is -0.112. The van der Waals surface area contributed by atoms with Gasteiger partial charge in [-0.1, -0.05) is 60.7 Å². The highest BCUT2D eigenvalue weighted by molar-refractivity contribution is 6.05. The van der Waals surface area contributed by atoms with E-state index in [1.54, 1.807) is 6.07 Å². The minimum absolute atomic E-state index is 0.144. The number of nitrogens with one attached hydrogen (secondary N) is 1. The molecule has 0 saturated carbocycles. The minimum atomic E-state index is -0.688. The van der Waals surface area contributed by atoms with Crippen molar-refractivity contribution >= 4 is 23.4 Å². The number of para-hydroxylation sites is 1. The van der Waals surface area contributed by atoms with E-state index in [0.717, 1.165) is 16.7 Å². The zero-order chi connectivity index (χ0) is 20.9. The molecule has 3 N–H and O–H groups in total. The largest absolute Gasteiger partial charge is 0.444 e. The van der Waals surface area contributed by atoms with E-state index in [4.69, 9.17) is 10.5 Å². The van der Waals surface area contributed by atoms with Crippen LogP contribution < -0.4 is 16.0 Å². The van der Waals surface area contributed by atoms with Crippen LogP contribution in [0.1, 0.15) is 16.7 Å². The molecule has 6 heteroatoms. The maximum Gasteiger partial charge on any atom is 0.415 e. The monoisotopic (exact) mass is 401 g/mol. The molecule has 30 heavy (non-hydrogen) atoms. The zero-order valence-corrected chi connectivity index (χ0v) is 16.5. The molecule has 1 aliphatic rings. The first-order chi connectivity index (χ1) is 14.7. The molecule has 4 rings (SSSR count). The summed E-state index contributed by atoms with van der Waals surface area (Å²) in [5.74, 6) is -0.267. The van der Waals surface area contributed by atoms with Crippen LogP contribution in [0, 0.1) is 0 Å². The Morgan fingerprint density at radius 1 is 0.967 bits per heavy atom. The summed E-state index contributed by atoms with van der Waals surface area (Å²) in [7, 11) is 0. The van der Waals surface area contributed by atoms with Crippen LogP contribution >= 0.6 is 0 Å². The van der Waals surface area contributed by atoms with Crippen LogP contribution in [0.15, 0.2) is 78.9 Å².